The first-order valence-corrected chi connectivity index (χ1v) is 4.84. The molecular weight excluding hydrogens is 188 g/mol. The first-order chi connectivity index (χ1) is 6.20. The molecule has 5 heteroatoms. The van der Waals surface area contributed by atoms with E-state index in [2.05, 4.69) is 9.97 Å². The molecule has 4 nitrogen and oxygen atoms in total. The topological polar surface area (TPSA) is 63.1 Å². The van der Waals surface area contributed by atoms with Gasteiger partial charge < -0.3 is 5.11 Å². The van der Waals surface area contributed by atoms with Crippen molar-refractivity contribution in [3.05, 3.63) is 24.3 Å². The molecule has 1 atom stereocenters. The van der Waals surface area contributed by atoms with E-state index in [4.69, 9.17) is 5.11 Å². The Kier molecular flexibility index (Phi) is 3.70. The molecule has 0 saturated carbocycles. The number of carboxylic acids is 1. The molecule has 0 aliphatic carbocycles. The van der Waals surface area contributed by atoms with Crippen LogP contribution < -0.4 is 0 Å². The van der Waals surface area contributed by atoms with E-state index >= 15 is 0 Å². The highest BCUT2D eigenvalue weighted by atomic mass is 32.2. The Balaban J connectivity index is 2.39. The number of aromatic nitrogens is 2. The lowest BCUT2D eigenvalue weighted by atomic mass is 10.5. The number of hydrogen-bond donors (Lipinski definition) is 1. The number of carboxylic acid groups (broad SMARTS) is 1. The molecular formula is C8H10N2O2S. The van der Waals surface area contributed by atoms with Crippen LogP contribution >= 0.6 is 11.8 Å². The van der Waals surface area contributed by atoms with Gasteiger partial charge in [0.2, 0.25) is 0 Å². The standard InChI is InChI=1S/C8H10N2O2S/c1-6(8(11)12)13-4-7-2-3-9-5-10-7/h2-3,5-6H,4H2,1H3,(H,11,12). The van der Waals surface area contributed by atoms with Crippen LogP contribution in [0.3, 0.4) is 0 Å². The fourth-order valence-electron chi connectivity index (χ4n) is 0.685. The lowest BCUT2D eigenvalue weighted by Crippen LogP contribution is -2.11. The second-order valence-electron chi connectivity index (χ2n) is 2.49. The third-order valence-electron chi connectivity index (χ3n) is 1.47. The number of aliphatic carboxylic acids is 1. The molecule has 1 aromatic rings. The highest BCUT2D eigenvalue weighted by molar-refractivity contribution is 7.99. The number of rotatable bonds is 4. The molecule has 1 N–H and O–H groups in total. The van der Waals surface area contributed by atoms with Crippen LogP contribution in [-0.4, -0.2) is 26.3 Å². The van der Waals surface area contributed by atoms with Crippen molar-refractivity contribution in [2.75, 3.05) is 0 Å². The van der Waals surface area contributed by atoms with Crippen LogP contribution in [0.5, 0.6) is 0 Å². The molecule has 70 valence electrons. The second kappa shape index (κ2) is 4.81. The zero-order valence-corrected chi connectivity index (χ0v) is 7.99. The maximum absolute atomic E-state index is 10.5. The summed E-state index contributed by atoms with van der Waals surface area (Å²) in [6.07, 6.45) is 3.11. The number of hydrogen-bond acceptors (Lipinski definition) is 4. The summed E-state index contributed by atoms with van der Waals surface area (Å²) >= 11 is 1.35. The Morgan fingerprint density at radius 3 is 3.08 bits per heavy atom. The van der Waals surface area contributed by atoms with Crippen molar-refractivity contribution < 1.29 is 9.90 Å². The SMILES string of the molecule is CC(SCc1ccncn1)C(=O)O. The minimum Gasteiger partial charge on any atom is -0.480 e. The first kappa shape index (κ1) is 9.98. The summed E-state index contributed by atoms with van der Waals surface area (Å²) in [5.74, 6) is -0.185. The van der Waals surface area contributed by atoms with Gasteiger partial charge in [0.15, 0.2) is 0 Å². The van der Waals surface area contributed by atoms with Gasteiger partial charge >= 0.3 is 5.97 Å². The van der Waals surface area contributed by atoms with E-state index in [9.17, 15) is 4.79 Å². The third kappa shape index (κ3) is 3.42. The maximum atomic E-state index is 10.5. The molecule has 13 heavy (non-hydrogen) atoms. The average Bonchev–Trinajstić information content (AvgIpc) is 2.15. The fraction of sp³-hybridized carbons (Fsp3) is 0.375. The molecule has 1 heterocycles. The summed E-state index contributed by atoms with van der Waals surface area (Å²) < 4.78 is 0. The Hall–Kier alpha value is -1.10. The Morgan fingerprint density at radius 2 is 2.54 bits per heavy atom. The monoisotopic (exact) mass is 198 g/mol. The maximum Gasteiger partial charge on any atom is 0.316 e. The van der Waals surface area contributed by atoms with Gasteiger partial charge in [-0.25, -0.2) is 9.97 Å². The Morgan fingerprint density at radius 1 is 1.77 bits per heavy atom. The Labute approximate surface area is 80.4 Å². The van der Waals surface area contributed by atoms with Crippen molar-refractivity contribution in [1.82, 2.24) is 9.97 Å². The summed E-state index contributed by atoms with van der Waals surface area (Å²) in [5, 5.41) is 8.21. The minimum absolute atomic E-state index is 0.394. The molecule has 0 saturated heterocycles. The van der Waals surface area contributed by atoms with Crippen LogP contribution in [0.4, 0.5) is 0 Å². The van der Waals surface area contributed by atoms with Crippen LogP contribution in [0, 0.1) is 0 Å². The first-order valence-electron chi connectivity index (χ1n) is 3.79. The predicted molar refractivity (Wildman–Crippen MR) is 50.4 cm³/mol. The van der Waals surface area contributed by atoms with E-state index in [1.807, 2.05) is 0 Å². The van der Waals surface area contributed by atoms with E-state index in [-0.39, 0.29) is 0 Å². The summed E-state index contributed by atoms with van der Waals surface area (Å²) in [7, 11) is 0. The normalized spacial score (nSPS) is 12.4. The van der Waals surface area contributed by atoms with Crippen molar-refractivity contribution in [2.24, 2.45) is 0 Å². The molecule has 0 radical (unpaired) electrons. The van der Waals surface area contributed by atoms with Gasteiger partial charge in [-0.1, -0.05) is 0 Å². The lowest BCUT2D eigenvalue weighted by molar-refractivity contribution is -0.136. The van der Waals surface area contributed by atoms with Crippen LogP contribution in [-0.2, 0) is 10.5 Å². The number of thioether (sulfide) groups is 1. The summed E-state index contributed by atoms with van der Waals surface area (Å²) in [6.45, 7) is 1.66. The summed E-state index contributed by atoms with van der Waals surface area (Å²) in [4.78, 5) is 18.2. The van der Waals surface area contributed by atoms with Crippen LogP contribution in [0.2, 0.25) is 0 Å². The van der Waals surface area contributed by atoms with E-state index in [0.29, 0.717) is 5.75 Å². The van der Waals surface area contributed by atoms with Crippen molar-refractivity contribution in [3.8, 4) is 0 Å². The van der Waals surface area contributed by atoms with Crippen molar-refractivity contribution >= 4 is 17.7 Å². The van der Waals surface area contributed by atoms with E-state index < -0.39 is 11.2 Å². The number of carbonyl (C=O) groups is 1. The molecule has 0 fully saturated rings. The zero-order valence-electron chi connectivity index (χ0n) is 7.17. The highest BCUT2D eigenvalue weighted by Gasteiger charge is 2.10. The second-order valence-corrected chi connectivity index (χ2v) is 3.82. The molecule has 0 aromatic carbocycles. The summed E-state index contributed by atoms with van der Waals surface area (Å²) in [5.41, 5.74) is 0.855. The van der Waals surface area contributed by atoms with Crippen LogP contribution in [0.25, 0.3) is 0 Å². The fourth-order valence-corrected chi connectivity index (χ4v) is 1.42. The molecule has 1 rings (SSSR count). The quantitative estimate of drug-likeness (QED) is 0.787. The predicted octanol–water partition coefficient (Wildman–Crippen LogP) is 1.18. The van der Waals surface area contributed by atoms with Crippen LogP contribution in [0.1, 0.15) is 12.6 Å². The van der Waals surface area contributed by atoms with Gasteiger partial charge in [0.05, 0.1) is 10.9 Å². The van der Waals surface area contributed by atoms with Gasteiger partial charge in [-0.3, -0.25) is 4.79 Å². The van der Waals surface area contributed by atoms with Gasteiger partial charge in [0.25, 0.3) is 0 Å². The Bertz CT molecular complexity index is 279. The third-order valence-corrected chi connectivity index (χ3v) is 2.64. The van der Waals surface area contributed by atoms with Gasteiger partial charge in [0.1, 0.15) is 6.33 Å². The molecule has 0 bridgehead atoms. The van der Waals surface area contributed by atoms with E-state index in [1.165, 1.54) is 18.1 Å². The highest BCUT2D eigenvalue weighted by Crippen LogP contribution is 2.15. The molecule has 0 spiro atoms. The van der Waals surface area contributed by atoms with Gasteiger partial charge in [-0.15, -0.1) is 11.8 Å². The molecule has 0 aliphatic rings. The average molecular weight is 198 g/mol. The smallest absolute Gasteiger partial charge is 0.316 e. The molecule has 1 aromatic heterocycles. The summed E-state index contributed by atoms with van der Waals surface area (Å²) in [6, 6.07) is 1.78. The van der Waals surface area contributed by atoms with Gasteiger partial charge in [-0.05, 0) is 13.0 Å². The molecule has 0 aliphatic heterocycles. The van der Waals surface area contributed by atoms with E-state index in [1.54, 1.807) is 19.2 Å². The number of nitrogens with zero attached hydrogens (tertiary/aromatic N) is 2. The van der Waals surface area contributed by atoms with Gasteiger partial charge in [-0.2, -0.15) is 0 Å². The van der Waals surface area contributed by atoms with Crippen molar-refractivity contribution in [1.29, 1.82) is 0 Å². The van der Waals surface area contributed by atoms with E-state index in [0.717, 1.165) is 5.69 Å². The molecule has 1 unspecified atom stereocenters. The van der Waals surface area contributed by atoms with Crippen LogP contribution in [0.15, 0.2) is 18.6 Å². The lowest BCUT2D eigenvalue weighted by Gasteiger charge is -2.04. The largest absolute Gasteiger partial charge is 0.480 e. The van der Waals surface area contributed by atoms with Gasteiger partial charge in [0, 0.05) is 11.9 Å². The van der Waals surface area contributed by atoms with Crippen molar-refractivity contribution in [3.63, 3.8) is 0 Å². The zero-order chi connectivity index (χ0) is 9.68. The minimum atomic E-state index is -0.793. The molecule has 0 amide bonds. The van der Waals surface area contributed by atoms with Crippen molar-refractivity contribution in [2.45, 2.75) is 17.9 Å².